The Balaban J connectivity index is 2.49. The molecule has 96 valence electrons. The van der Waals surface area contributed by atoms with E-state index in [0.717, 1.165) is 10.9 Å². The molecule has 1 aromatic carbocycles. The van der Waals surface area contributed by atoms with Crippen LogP contribution in [-0.2, 0) is 6.18 Å². The van der Waals surface area contributed by atoms with Crippen LogP contribution < -0.4 is 0 Å². The van der Waals surface area contributed by atoms with Gasteiger partial charge in [-0.3, -0.25) is 0 Å². The molecule has 0 aliphatic carbocycles. The van der Waals surface area contributed by atoms with Gasteiger partial charge >= 0.3 is 6.18 Å². The monoisotopic (exact) mass is 272 g/mol. The first-order valence-electron chi connectivity index (χ1n) is 5.29. The summed E-state index contributed by atoms with van der Waals surface area (Å²) in [5.41, 5.74) is -0.369. The first-order chi connectivity index (χ1) is 8.41. The maximum absolute atomic E-state index is 12.8. The van der Waals surface area contributed by atoms with Crippen LogP contribution in [-0.4, -0.2) is 5.11 Å². The number of aryl methyl sites for hydroxylation is 1. The third kappa shape index (κ3) is 2.42. The van der Waals surface area contributed by atoms with Crippen LogP contribution in [0.25, 0.3) is 0 Å². The van der Waals surface area contributed by atoms with Crippen LogP contribution in [0.4, 0.5) is 13.2 Å². The van der Waals surface area contributed by atoms with Crippen molar-refractivity contribution in [3.05, 3.63) is 57.3 Å². The number of aliphatic hydroxyl groups excluding tert-OH is 1. The van der Waals surface area contributed by atoms with Gasteiger partial charge in [-0.2, -0.15) is 13.2 Å². The van der Waals surface area contributed by atoms with E-state index in [9.17, 15) is 18.3 Å². The molecule has 1 unspecified atom stereocenters. The van der Waals surface area contributed by atoms with Gasteiger partial charge in [0.15, 0.2) is 0 Å². The van der Waals surface area contributed by atoms with Crippen molar-refractivity contribution < 1.29 is 18.3 Å². The normalized spacial score (nSPS) is 13.6. The summed E-state index contributed by atoms with van der Waals surface area (Å²) in [6, 6.07) is 6.76. The first kappa shape index (κ1) is 13.1. The van der Waals surface area contributed by atoms with Gasteiger partial charge in [0.2, 0.25) is 0 Å². The number of hydrogen-bond donors (Lipinski definition) is 1. The predicted molar refractivity (Wildman–Crippen MR) is 64.6 cm³/mol. The highest BCUT2D eigenvalue weighted by atomic mass is 32.1. The maximum atomic E-state index is 12.8. The minimum atomic E-state index is -4.46. The molecule has 0 aliphatic rings. The highest BCUT2D eigenvalue weighted by Gasteiger charge is 2.35. The quantitative estimate of drug-likeness (QED) is 0.870. The summed E-state index contributed by atoms with van der Waals surface area (Å²) in [6.07, 6.45) is -5.70. The van der Waals surface area contributed by atoms with Gasteiger partial charge in [-0.1, -0.05) is 18.2 Å². The molecular weight excluding hydrogens is 261 g/mol. The molecule has 0 fully saturated rings. The smallest absolute Gasteiger partial charge is 0.384 e. The molecule has 1 N–H and O–H groups in total. The van der Waals surface area contributed by atoms with Crippen molar-refractivity contribution in [1.29, 1.82) is 0 Å². The molecule has 0 radical (unpaired) electrons. The van der Waals surface area contributed by atoms with E-state index in [1.54, 1.807) is 18.4 Å². The van der Waals surface area contributed by atoms with Crippen molar-refractivity contribution in [3.8, 4) is 0 Å². The molecule has 2 rings (SSSR count). The SMILES string of the molecule is Cc1sccc1C(O)c1ccccc1C(F)(F)F. The summed E-state index contributed by atoms with van der Waals surface area (Å²) in [5.74, 6) is 0. The number of alkyl halides is 3. The molecule has 1 heterocycles. The van der Waals surface area contributed by atoms with Crippen LogP contribution in [0.2, 0.25) is 0 Å². The molecule has 1 atom stereocenters. The third-order valence-corrected chi connectivity index (χ3v) is 3.62. The Hall–Kier alpha value is -1.33. The summed E-state index contributed by atoms with van der Waals surface area (Å²) < 4.78 is 38.5. The fourth-order valence-corrected chi connectivity index (χ4v) is 2.57. The molecule has 1 nitrogen and oxygen atoms in total. The Labute approximate surface area is 107 Å². The molecule has 0 bridgehead atoms. The van der Waals surface area contributed by atoms with Crippen LogP contribution in [0.5, 0.6) is 0 Å². The zero-order chi connectivity index (χ0) is 13.3. The van der Waals surface area contributed by atoms with E-state index in [0.29, 0.717) is 5.56 Å². The highest BCUT2D eigenvalue weighted by molar-refractivity contribution is 7.10. The van der Waals surface area contributed by atoms with Crippen molar-refractivity contribution in [2.45, 2.75) is 19.2 Å². The second kappa shape index (κ2) is 4.74. The lowest BCUT2D eigenvalue weighted by Gasteiger charge is -2.17. The Morgan fingerprint density at radius 3 is 2.33 bits per heavy atom. The maximum Gasteiger partial charge on any atom is 0.416 e. The molecule has 2 aromatic rings. The van der Waals surface area contributed by atoms with Crippen LogP contribution in [0.1, 0.15) is 27.7 Å². The molecule has 0 amide bonds. The summed E-state index contributed by atoms with van der Waals surface area (Å²) in [5, 5.41) is 11.9. The third-order valence-electron chi connectivity index (χ3n) is 2.75. The zero-order valence-corrected chi connectivity index (χ0v) is 10.3. The molecule has 5 heteroatoms. The van der Waals surface area contributed by atoms with E-state index in [2.05, 4.69) is 0 Å². The summed E-state index contributed by atoms with van der Waals surface area (Å²) in [6.45, 7) is 1.78. The number of aliphatic hydroxyl groups is 1. The van der Waals surface area contributed by atoms with Gasteiger partial charge in [0.05, 0.1) is 5.56 Å². The molecule has 0 saturated heterocycles. The van der Waals surface area contributed by atoms with Gasteiger partial charge in [0.1, 0.15) is 6.10 Å². The Kier molecular flexibility index (Phi) is 3.45. The second-order valence-electron chi connectivity index (χ2n) is 3.92. The van der Waals surface area contributed by atoms with E-state index in [1.165, 1.54) is 29.5 Å². The average molecular weight is 272 g/mol. The summed E-state index contributed by atoms with van der Waals surface area (Å²) in [4.78, 5) is 0.819. The minimum absolute atomic E-state index is 0.105. The number of benzene rings is 1. The Morgan fingerprint density at radius 1 is 1.11 bits per heavy atom. The summed E-state index contributed by atoms with van der Waals surface area (Å²) in [7, 11) is 0. The Morgan fingerprint density at radius 2 is 1.78 bits per heavy atom. The Bertz CT molecular complexity index is 545. The van der Waals surface area contributed by atoms with Gasteiger partial charge < -0.3 is 5.11 Å². The van der Waals surface area contributed by atoms with Crippen molar-refractivity contribution in [2.24, 2.45) is 0 Å². The zero-order valence-electron chi connectivity index (χ0n) is 9.53. The van der Waals surface area contributed by atoms with Crippen molar-refractivity contribution in [1.82, 2.24) is 0 Å². The van der Waals surface area contributed by atoms with E-state index in [-0.39, 0.29) is 5.56 Å². The van der Waals surface area contributed by atoms with Gasteiger partial charge in [-0.05, 0) is 35.6 Å². The number of thiophene rings is 1. The van der Waals surface area contributed by atoms with E-state index in [4.69, 9.17) is 0 Å². The number of rotatable bonds is 2. The lowest BCUT2D eigenvalue weighted by Crippen LogP contribution is -2.12. The second-order valence-corrected chi connectivity index (χ2v) is 5.04. The molecule has 0 saturated carbocycles. The summed E-state index contributed by atoms with van der Waals surface area (Å²) >= 11 is 1.40. The highest BCUT2D eigenvalue weighted by Crippen LogP contribution is 2.37. The standard InChI is InChI=1S/C13H11F3OS/c1-8-9(6-7-18-8)12(17)10-4-2-3-5-11(10)13(14,15)16/h2-7,12,17H,1H3. The molecular formula is C13H11F3OS. The topological polar surface area (TPSA) is 20.2 Å². The van der Waals surface area contributed by atoms with Gasteiger partial charge in [0.25, 0.3) is 0 Å². The van der Waals surface area contributed by atoms with Gasteiger partial charge in [-0.15, -0.1) is 11.3 Å². The predicted octanol–water partition coefficient (Wildman–Crippen LogP) is 4.16. The molecule has 0 spiro atoms. The molecule has 18 heavy (non-hydrogen) atoms. The molecule has 1 aromatic heterocycles. The van der Waals surface area contributed by atoms with E-state index < -0.39 is 17.8 Å². The largest absolute Gasteiger partial charge is 0.416 e. The van der Waals surface area contributed by atoms with Gasteiger partial charge in [0, 0.05) is 4.88 Å². The first-order valence-corrected chi connectivity index (χ1v) is 6.17. The van der Waals surface area contributed by atoms with Crippen LogP contribution in [0.15, 0.2) is 35.7 Å². The van der Waals surface area contributed by atoms with Crippen LogP contribution >= 0.6 is 11.3 Å². The number of halogens is 3. The van der Waals surface area contributed by atoms with E-state index in [1.807, 2.05) is 0 Å². The number of hydrogen-bond acceptors (Lipinski definition) is 2. The fraction of sp³-hybridized carbons (Fsp3) is 0.231. The lowest BCUT2D eigenvalue weighted by molar-refractivity contribution is -0.139. The van der Waals surface area contributed by atoms with Crippen molar-refractivity contribution >= 4 is 11.3 Å². The lowest BCUT2D eigenvalue weighted by atomic mass is 9.97. The average Bonchev–Trinajstić information content (AvgIpc) is 2.73. The van der Waals surface area contributed by atoms with Crippen LogP contribution in [0, 0.1) is 6.92 Å². The van der Waals surface area contributed by atoms with Crippen molar-refractivity contribution in [3.63, 3.8) is 0 Å². The fourth-order valence-electron chi connectivity index (χ4n) is 1.84. The molecule has 0 aliphatic heterocycles. The van der Waals surface area contributed by atoms with Crippen LogP contribution in [0.3, 0.4) is 0 Å². The minimum Gasteiger partial charge on any atom is -0.384 e. The van der Waals surface area contributed by atoms with Gasteiger partial charge in [-0.25, -0.2) is 0 Å². The van der Waals surface area contributed by atoms with Crippen molar-refractivity contribution in [2.75, 3.05) is 0 Å². The van der Waals surface area contributed by atoms with E-state index >= 15 is 0 Å².